The molecule has 0 N–H and O–H groups in total. The lowest BCUT2D eigenvalue weighted by Gasteiger charge is -2.00. The molecule has 3 heteroatoms. The van der Waals surface area contributed by atoms with Gasteiger partial charge >= 0.3 is 0 Å². The van der Waals surface area contributed by atoms with Crippen LogP contribution in [0.15, 0.2) is 23.7 Å². The van der Waals surface area contributed by atoms with Gasteiger partial charge in [0, 0.05) is 12.1 Å². The van der Waals surface area contributed by atoms with Gasteiger partial charge in [-0.2, -0.15) is 0 Å². The average molecular weight is 186 g/mol. The molecule has 2 heterocycles. The van der Waals surface area contributed by atoms with E-state index in [9.17, 15) is 0 Å². The van der Waals surface area contributed by atoms with Gasteiger partial charge in [0.15, 0.2) is 5.82 Å². The minimum Gasteiger partial charge on any atom is -0.232 e. The van der Waals surface area contributed by atoms with Crippen LogP contribution < -0.4 is 5.32 Å². The Labute approximate surface area is 83.6 Å². The van der Waals surface area contributed by atoms with Crippen LogP contribution in [0, 0.1) is 13.8 Å². The third-order valence-corrected chi connectivity index (χ3v) is 2.10. The molecule has 14 heavy (non-hydrogen) atoms. The minimum absolute atomic E-state index is 0.703. The van der Waals surface area contributed by atoms with Crippen LogP contribution in [0.1, 0.15) is 17.7 Å². The van der Waals surface area contributed by atoms with Gasteiger partial charge in [0.05, 0.1) is 0 Å². The molecule has 0 atom stereocenters. The highest BCUT2D eigenvalue weighted by atomic mass is 15.1. The fourth-order valence-corrected chi connectivity index (χ4v) is 1.52. The molecule has 0 saturated carbocycles. The smallest absolute Gasteiger partial charge is 0.180 e. The molecule has 71 valence electrons. The summed E-state index contributed by atoms with van der Waals surface area (Å²) in [6.45, 7) is 7.66. The molecule has 0 fully saturated rings. The van der Waals surface area contributed by atoms with Gasteiger partial charge in [0.25, 0.3) is 0 Å². The molecule has 3 nitrogen and oxygen atoms in total. The number of hydrogen-bond acceptors (Lipinski definition) is 2. The Bertz CT molecular complexity index is 419. The van der Waals surface area contributed by atoms with Gasteiger partial charge in [0.2, 0.25) is 0 Å². The number of aryl methyl sites for hydroxylation is 2. The predicted octanol–water partition coefficient (Wildman–Crippen LogP) is 2.55. The van der Waals surface area contributed by atoms with Crippen molar-refractivity contribution in [3.05, 3.63) is 30.0 Å². The zero-order valence-corrected chi connectivity index (χ0v) is 8.41. The zero-order chi connectivity index (χ0) is 10.1. The van der Waals surface area contributed by atoms with Crippen molar-refractivity contribution in [3.8, 4) is 0 Å². The highest BCUT2D eigenvalue weighted by Gasteiger charge is 2.18. The van der Waals surface area contributed by atoms with E-state index in [-0.39, 0.29) is 0 Å². The van der Waals surface area contributed by atoms with Crippen molar-refractivity contribution < 1.29 is 0 Å². The Morgan fingerprint density at radius 1 is 1.43 bits per heavy atom. The molecule has 0 unspecified atom stereocenters. The first kappa shape index (κ1) is 8.94. The Morgan fingerprint density at radius 2 is 2.21 bits per heavy atom. The number of aliphatic imine (C=N–C) groups is 1. The lowest BCUT2D eigenvalue weighted by atomic mass is 10.2. The Balaban J connectivity index is 2.41. The van der Waals surface area contributed by atoms with E-state index >= 15 is 0 Å². The van der Waals surface area contributed by atoms with Crippen molar-refractivity contribution in [1.82, 2.24) is 10.3 Å². The number of amidine groups is 1. The molecule has 2 rings (SSSR count). The van der Waals surface area contributed by atoms with Crippen LogP contribution in [-0.2, 0) is 0 Å². The van der Waals surface area contributed by atoms with Crippen LogP contribution in [0.25, 0.3) is 0 Å². The number of hydrogen-bond donors (Lipinski definition) is 0. The molecule has 0 aliphatic carbocycles. The summed E-state index contributed by atoms with van der Waals surface area (Å²) in [5.41, 5.74) is 3.03. The van der Waals surface area contributed by atoms with Gasteiger partial charge in [-0.25, -0.2) is 15.3 Å². The highest BCUT2D eigenvalue weighted by Crippen LogP contribution is 2.32. The number of nitrogens with zero attached hydrogens (tertiary/aromatic N) is 3. The van der Waals surface area contributed by atoms with Crippen molar-refractivity contribution in [2.75, 3.05) is 0 Å². The molecule has 0 aromatic carbocycles. The molecule has 1 aromatic heterocycles. The SMILES string of the molecule is C=CCC1=Nc2c(C)cc(C)nc2[N]1. The van der Waals surface area contributed by atoms with E-state index in [2.05, 4.69) is 21.9 Å². The lowest BCUT2D eigenvalue weighted by molar-refractivity contribution is 1.10. The maximum atomic E-state index is 4.40. The quantitative estimate of drug-likeness (QED) is 0.654. The molecule has 1 aliphatic rings. The summed E-state index contributed by atoms with van der Waals surface area (Å²) in [6.07, 6.45) is 2.51. The summed E-state index contributed by atoms with van der Waals surface area (Å²) in [7, 11) is 0. The summed E-state index contributed by atoms with van der Waals surface area (Å²) in [6, 6.07) is 2.02. The number of aromatic nitrogens is 1. The Hall–Kier alpha value is -1.64. The van der Waals surface area contributed by atoms with Gasteiger partial charge in [-0.3, -0.25) is 0 Å². The van der Waals surface area contributed by atoms with Crippen molar-refractivity contribution in [1.29, 1.82) is 0 Å². The Kier molecular flexibility index (Phi) is 2.08. The van der Waals surface area contributed by atoms with E-state index in [0.717, 1.165) is 28.6 Å². The van der Waals surface area contributed by atoms with E-state index in [1.165, 1.54) is 0 Å². The van der Waals surface area contributed by atoms with Crippen LogP contribution in [0.5, 0.6) is 0 Å². The fraction of sp³-hybridized carbons (Fsp3) is 0.273. The van der Waals surface area contributed by atoms with E-state index in [4.69, 9.17) is 0 Å². The summed E-state index contributed by atoms with van der Waals surface area (Å²) in [5, 5.41) is 4.33. The van der Waals surface area contributed by atoms with Gasteiger partial charge in [-0.15, -0.1) is 6.58 Å². The highest BCUT2D eigenvalue weighted by molar-refractivity contribution is 5.96. The number of fused-ring (bicyclic) bond motifs is 1. The van der Waals surface area contributed by atoms with Gasteiger partial charge in [0.1, 0.15) is 11.5 Å². The summed E-state index contributed by atoms with van der Waals surface area (Å²) < 4.78 is 0. The molecular formula is C11H12N3. The summed E-state index contributed by atoms with van der Waals surface area (Å²) in [5.74, 6) is 1.55. The molecule has 0 saturated heterocycles. The first-order chi connectivity index (χ1) is 6.70. The molecular weight excluding hydrogens is 174 g/mol. The third-order valence-electron chi connectivity index (χ3n) is 2.10. The van der Waals surface area contributed by atoms with Crippen LogP contribution in [0.2, 0.25) is 0 Å². The predicted molar refractivity (Wildman–Crippen MR) is 57.4 cm³/mol. The second-order valence-corrected chi connectivity index (χ2v) is 3.39. The van der Waals surface area contributed by atoms with Crippen molar-refractivity contribution >= 4 is 17.3 Å². The molecule has 0 amide bonds. The van der Waals surface area contributed by atoms with E-state index in [1.54, 1.807) is 6.08 Å². The first-order valence-electron chi connectivity index (χ1n) is 4.59. The molecule has 1 aromatic rings. The van der Waals surface area contributed by atoms with Crippen molar-refractivity contribution in [2.24, 2.45) is 4.99 Å². The number of pyridine rings is 1. The second kappa shape index (κ2) is 3.25. The second-order valence-electron chi connectivity index (χ2n) is 3.39. The topological polar surface area (TPSA) is 39.4 Å². The van der Waals surface area contributed by atoms with Crippen molar-refractivity contribution in [2.45, 2.75) is 20.3 Å². The standard InChI is InChI=1S/C11H12N3/c1-4-5-9-13-10-7(2)6-8(3)12-11(10)14-9/h4,6H,1,5H2,2-3H3. The maximum Gasteiger partial charge on any atom is 0.180 e. The monoisotopic (exact) mass is 186 g/mol. The minimum atomic E-state index is 0.703. The molecule has 1 aliphatic heterocycles. The van der Waals surface area contributed by atoms with E-state index < -0.39 is 0 Å². The summed E-state index contributed by atoms with van der Waals surface area (Å²) in [4.78, 5) is 8.73. The lowest BCUT2D eigenvalue weighted by Crippen LogP contribution is -2.05. The maximum absolute atomic E-state index is 4.40. The zero-order valence-electron chi connectivity index (χ0n) is 8.41. The largest absolute Gasteiger partial charge is 0.232 e. The van der Waals surface area contributed by atoms with Crippen LogP contribution in [0.3, 0.4) is 0 Å². The van der Waals surface area contributed by atoms with E-state index in [0.29, 0.717) is 6.42 Å². The normalized spacial score (nSPS) is 13.1. The molecule has 0 spiro atoms. The van der Waals surface area contributed by atoms with Crippen LogP contribution >= 0.6 is 0 Å². The van der Waals surface area contributed by atoms with Gasteiger partial charge < -0.3 is 0 Å². The van der Waals surface area contributed by atoms with Crippen molar-refractivity contribution in [3.63, 3.8) is 0 Å². The van der Waals surface area contributed by atoms with Gasteiger partial charge in [-0.1, -0.05) is 6.08 Å². The summed E-state index contributed by atoms with van der Waals surface area (Å²) >= 11 is 0. The Morgan fingerprint density at radius 3 is 2.93 bits per heavy atom. The fourth-order valence-electron chi connectivity index (χ4n) is 1.52. The van der Waals surface area contributed by atoms with Gasteiger partial charge in [-0.05, 0) is 25.5 Å². The molecule has 0 bridgehead atoms. The third kappa shape index (κ3) is 1.41. The average Bonchev–Trinajstić information content (AvgIpc) is 2.48. The first-order valence-corrected chi connectivity index (χ1v) is 4.59. The number of rotatable bonds is 2. The van der Waals surface area contributed by atoms with Crippen LogP contribution in [0.4, 0.5) is 11.5 Å². The van der Waals surface area contributed by atoms with E-state index in [1.807, 2.05) is 19.9 Å². The molecule has 1 radical (unpaired) electrons. The van der Waals surface area contributed by atoms with Crippen LogP contribution in [-0.4, -0.2) is 10.8 Å².